The molecule has 1 aromatic rings. The Kier molecular flexibility index (Phi) is 6.38. The van der Waals surface area contributed by atoms with E-state index in [1.165, 1.54) is 4.90 Å². The zero-order valence-corrected chi connectivity index (χ0v) is 14.6. The van der Waals surface area contributed by atoms with Crippen molar-refractivity contribution in [2.75, 3.05) is 19.8 Å². The number of esters is 1. The number of piperidine rings is 1. The van der Waals surface area contributed by atoms with Gasteiger partial charge in [0.15, 0.2) is 13.2 Å². The molecule has 136 valence electrons. The van der Waals surface area contributed by atoms with Crippen LogP contribution in [0.5, 0.6) is 5.75 Å². The SMILES string of the molecule is Cc1cc(C)cc(OCC(=O)OCC(=O)N2CCCC[C@H]2C(N)=O)c1. The van der Waals surface area contributed by atoms with E-state index < -0.39 is 30.4 Å². The normalized spacial score (nSPS) is 17.0. The summed E-state index contributed by atoms with van der Waals surface area (Å²) in [5, 5.41) is 0. The molecule has 1 heterocycles. The van der Waals surface area contributed by atoms with Gasteiger partial charge in [-0.2, -0.15) is 0 Å². The van der Waals surface area contributed by atoms with Crippen molar-refractivity contribution in [2.24, 2.45) is 5.73 Å². The maximum Gasteiger partial charge on any atom is 0.344 e. The molecule has 1 fully saturated rings. The van der Waals surface area contributed by atoms with Crippen LogP contribution in [0.4, 0.5) is 0 Å². The van der Waals surface area contributed by atoms with Crippen LogP contribution in [0.25, 0.3) is 0 Å². The zero-order valence-electron chi connectivity index (χ0n) is 14.6. The number of nitrogens with two attached hydrogens (primary N) is 1. The maximum atomic E-state index is 12.2. The number of primary amides is 1. The standard InChI is InChI=1S/C18H24N2O5/c1-12-7-13(2)9-14(8-12)24-11-17(22)25-10-16(21)20-6-4-3-5-15(20)18(19)23/h7-9,15H,3-6,10-11H2,1-2H3,(H2,19,23)/t15-/m0/s1. The lowest BCUT2D eigenvalue weighted by atomic mass is 10.0. The van der Waals surface area contributed by atoms with Crippen molar-refractivity contribution in [3.63, 3.8) is 0 Å². The Balaban J connectivity index is 1.80. The van der Waals surface area contributed by atoms with Gasteiger partial charge in [-0.25, -0.2) is 4.79 Å². The molecule has 0 aromatic heterocycles. The summed E-state index contributed by atoms with van der Waals surface area (Å²) in [5.74, 6) is -1.01. The number of carbonyl (C=O) groups is 3. The molecule has 1 saturated heterocycles. The number of benzene rings is 1. The molecule has 1 atom stereocenters. The van der Waals surface area contributed by atoms with Gasteiger partial charge in [0.25, 0.3) is 5.91 Å². The summed E-state index contributed by atoms with van der Waals surface area (Å²) < 4.78 is 10.4. The van der Waals surface area contributed by atoms with E-state index in [9.17, 15) is 14.4 Å². The first-order valence-electron chi connectivity index (χ1n) is 8.32. The highest BCUT2D eigenvalue weighted by Crippen LogP contribution is 2.17. The number of ether oxygens (including phenoxy) is 2. The van der Waals surface area contributed by atoms with E-state index >= 15 is 0 Å². The monoisotopic (exact) mass is 348 g/mol. The summed E-state index contributed by atoms with van der Waals surface area (Å²) in [6.07, 6.45) is 2.20. The minimum absolute atomic E-state index is 0.282. The molecule has 2 amide bonds. The van der Waals surface area contributed by atoms with Crippen LogP contribution < -0.4 is 10.5 Å². The van der Waals surface area contributed by atoms with Gasteiger partial charge in [0, 0.05) is 6.54 Å². The predicted molar refractivity (Wildman–Crippen MR) is 90.9 cm³/mol. The molecule has 0 spiro atoms. The van der Waals surface area contributed by atoms with Crippen LogP contribution in [0, 0.1) is 13.8 Å². The van der Waals surface area contributed by atoms with Crippen LogP contribution in [0.15, 0.2) is 18.2 Å². The summed E-state index contributed by atoms with van der Waals surface area (Å²) in [7, 11) is 0. The van der Waals surface area contributed by atoms with Gasteiger partial charge in [-0.15, -0.1) is 0 Å². The van der Waals surface area contributed by atoms with E-state index in [0.717, 1.165) is 24.0 Å². The number of aryl methyl sites for hydroxylation is 2. The Morgan fingerprint density at radius 2 is 1.80 bits per heavy atom. The lowest BCUT2D eigenvalue weighted by Crippen LogP contribution is -2.51. The van der Waals surface area contributed by atoms with Gasteiger partial charge in [0.05, 0.1) is 0 Å². The second-order valence-electron chi connectivity index (χ2n) is 6.27. The van der Waals surface area contributed by atoms with Crippen LogP contribution in [0.1, 0.15) is 30.4 Å². The van der Waals surface area contributed by atoms with Crippen LogP contribution in [0.3, 0.4) is 0 Å². The molecule has 7 nitrogen and oxygen atoms in total. The Morgan fingerprint density at radius 3 is 2.44 bits per heavy atom. The van der Waals surface area contributed by atoms with Crippen molar-refractivity contribution in [2.45, 2.75) is 39.2 Å². The highest BCUT2D eigenvalue weighted by molar-refractivity contribution is 5.88. The van der Waals surface area contributed by atoms with E-state index in [1.807, 2.05) is 32.0 Å². The molecular weight excluding hydrogens is 324 g/mol. The van der Waals surface area contributed by atoms with Crippen LogP contribution in [-0.4, -0.2) is 48.5 Å². The van der Waals surface area contributed by atoms with Crippen molar-refractivity contribution in [1.29, 1.82) is 0 Å². The van der Waals surface area contributed by atoms with Gasteiger partial charge >= 0.3 is 5.97 Å². The molecule has 7 heteroatoms. The molecule has 0 saturated carbocycles. The molecule has 0 bridgehead atoms. The number of hydrogen-bond donors (Lipinski definition) is 1. The average molecular weight is 348 g/mol. The first kappa shape index (κ1) is 18.8. The minimum atomic E-state index is -0.639. The van der Waals surface area contributed by atoms with Crippen LogP contribution >= 0.6 is 0 Å². The molecule has 1 aliphatic rings. The van der Waals surface area contributed by atoms with Gasteiger partial charge in [0.2, 0.25) is 5.91 Å². The molecule has 1 aliphatic heterocycles. The topological polar surface area (TPSA) is 98.9 Å². The van der Waals surface area contributed by atoms with E-state index in [1.54, 1.807) is 0 Å². The molecule has 1 aromatic carbocycles. The number of nitrogens with zero attached hydrogens (tertiary/aromatic N) is 1. The van der Waals surface area contributed by atoms with Crippen molar-refractivity contribution in [1.82, 2.24) is 4.90 Å². The molecule has 25 heavy (non-hydrogen) atoms. The van der Waals surface area contributed by atoms with Gasteiger partial charge in [-0.05, 0) is 56.4 Å². The minimum Gasteiger partial charge on any atom is -0.482 e. The Morgan fingerprint density at radius 1 is 1.12 bits per heavy atom. The Hall–Kier alpha value is -2.57. The van der Waals surface area contributed by atoms with Gasteiger partial charge in [0.1, 0.15) is 11.8 Å². The van der Waals surface area contributed by atoms with Crippen molar-refractivity contribution in [3.05, 3.63) is 29.3 Å². The summed E-state index contributed by atoms with van der Waals surface area (Å²) >= 11 is 0. The van der Waals surface area contributed by atoms with E-state index in [4.69, 9.17) is 15.2 Å². The largest absolute Gasteiger partial charge is 0.482 e. The van der Waals surface area contributed by atoms with Gasteiger partial charge < -0.3 is 20.1 Å². The summed E-state index contributed by atoms with van der Waals surface area (Å²) in [6, 6.07) is 5.01. The summed E-state index contributed by atoms with van der Waals surface area (Å²) in [5.41, 5.74) is 7.38. The highest BCUT2D eigenvalue weighted by Gasteiger charge is 2.30. The highest BCUT2D eigenvalue weighted by atomic mass is 16.6. The number of carbonyl (C=O) groups excluding carboxylic acids is 3. The molecule has 2 N–H and O–H groups in total. The number of rotatable bonds is 6. The summed E-state index contributed by atoms with van der Waals surface area (Å²) in [4.78, 5) is 36.8. The fraction of sp³-hybridized carbons (Fsp3) is 0.500. The Labute approximate surface area is 147 Å². The molecule has 0 aliphatic carbocycles. The third kappa shape index (κ3) is 5.48. The fourth-order valence-electron chi connectivity index (χ4n) is 2.95. The number of hydrogen-bond acceptors (Lipinski definition) is 5. The van der Waals surface area contributed by atoms with Crippen molar-refractivity contribution in [3.8, 4) is 5.75 Å². The van der Waals surface area contributed by atoms with Crippen molar-refractivity contribution < 1.29 is 23.9 Å². The first-order valence-corrected chi connectivity index (χ1v) is 8.32. The quantitative estimate of drug-likeness (QED) is 0.776. The summed E-state index contributed by atoms with van der Waals surface area (Å²) in [6.45, 7) is 3.62. The number of likely N-dealkylation sites (tertiary alicyclic amines) is 1. The molecule has 0 unspecified atom stereocenters. The molecular formula is C18H24N2O5. The van der Waals surface area contributed by atoms with E-state index in [-0.39, 0.29) is 6.61 Å². The maximum absolute atomic E-state index is 12.2. The van der Waals surface area contributed by atoms with E-state index in [0.29, 0.717) is 18.7 Å². The zero-order chi connectivity index (χ0) is 18.4. The van der Waals surface area contributed by atoms with E-state index in [2.05, 4.69) is 0 Å². The Bertz CT molecular complexity index is 639. The second kappa shape index (κ2) is 8.50. The molecule has 0 radical (unpaired) electrons. The second-order valence-corrected chi connectivity index (χ2v) is 6.27. The van der Waals surface area contributed by atoms with Crippen molar-refractivity contribution >= 4 is 17.8 Å². The van der Waals surface area contributed by atoms with Crippen LogP contribution in [0.2, 0.25) is 0 Å². The van der Waals surface area contributed by atoms with Gasteiger partial charge in [-0.3, -0.25) is 9.59 Å². The lowest BCUT2D eigenvalue weighted by molar-refractivity contribution is -0.156. The lowest BCUT2D eigenvalue weighted by Gasteiger charge is -2.33. The third-order valence-electron chi connectivity index (χ3n) is 4.06. The van der Waals surface area contributed by atoms with Crippen LogP contribution in [-0.2, 0) is 19.1 Å². The first-order chi connectivity index (χ1) is 11.9. The number of amides is 2. The third-order valence-corrected chi connectivity index (χ3v) is 4.06. The van der Waals surface area contributed by atoms with Gasteiger partial charge in [-0.1, -0.05) is 6.07 Å². The predicted octanol–water partition coefficient (Wildman–Crippen LogP) is 1.09. The average Bonchev–Trinajstić information content (AvgIpc) is 2.57. The smallest absolute Gasteiger partial charge is 0.344 e. The fourth-order valence-corrected chi connectivity index (χ4v) is 2.95. The molecule has 2 rings (SSSR count).